The summed E-state index contributed by atoms with van der Waals surface area (Å²) in [6.45, 7) is 14.3. The largest absolute Gasteiger partial charge is 0.444 e. The molecule has 0 saturated carbocycles. The first-order valence-corrected chi connectivity index (χ1v) is 10.3. The van der Waals surface area contributed by atoms with Crippen LogP contribution in [0.15, 0.2) is 0 Å². The number of nitrogens with one attached hydrogen (secondary N) is 1. The Hall–Kier alpha value is -0.953. The Kier molecular flexibility index (Phi) is 7.96. The number of hydrogen-bond donors (Lipinski definition) is 1. The lowest BCUT2D eigenvalue weighted by molar-refractivity contribution is 0.0509. The van der Waals surface area contributed by atoms with Crippen LogP contribution in [0.25, 0.3) is 0 Å². The van der Waals surface area contributed by atoms with Gasteiger partial charge in [-0.05, 0) is 45.8 Å². The molecule has 0 aliphatic heterocycles. The van der Waals surface area contributed by atoms with Gasteiger partial charge in [-0.15, -0.1) is 11.5 Å². The lowest BCUT2D eigenvalue weighted by atomic mass is 10.2. The van der Waals surface area contributed by atoms with E-state index in [4.69, 9.17) is 4.74 Å². The Balaban J connectivity index is 4.37. The van der Waals surface area contributed by atoms with Crippen LogP contribution < -0.4 is 5.32 Å². The lowest BCUT2D eigenvalue weighted by Crippen LogP contribution is -2.37. The number of amides is 1. The average molecular weight is 298 g/mol. The van der Waals surface area contributed by atoms with Gasteiger partial charge in [0.15, 0.2) is 0 Å². The molecule has 0 aliphatic carbocycles. The molecule has 3 nitrogen and oxygen atoms in total. The summed E-state index contributed by atoms with van der Waals surface area (Å²) in [5, 5.41) is 2.83. The molecule has 4 heteroatoms. The highest BCUT2D eigenvalue weighted by Gasteiger charge is 2.24. The van der Waals surface area contributed by atoms with Gasteiger partial charge in [0, 0.05) is 12.5 Å². The molecule has 0 aromatic rings. The molecule has 0 spiro atoms. The van der Waals surface area contributed by atoms with Gasteiger partial charge in [-0.25, -0.2) is 4.79 Å². The van der Waals surface area contributed by atoms with Crippen LogP contribution in [0.3, 0.4) is 0 Å². The van der Waals surface area contributed by atoms with Crippen LogP contribution in [-0.4, -0.2) is 25.8 Å². The Morgan fingerprint density at radius 1 is 1.20 bits per heavy atom. The molecule has 0 saturated heterocycles. The predicted octanol–water partition coefficient (Wildman–Crippen LogP) is 4.34. The predicted molar refractivity (Wildman–Crippen MR) is 88.4 cm³/mol. The molecule has 1 amide bonds. The minimum Gasteiger partial charge on any atom is -0.444 e. The van der Waals surface area contributed by atoms with Gasteiger partial charge < -0.3 is 10.1 Å². The van der Waals surface area contributed by atoms with Gasteiger partial charge in [-0.3, -0.25) is 0 Å². The van der Waals surface area contributed by atoms with E-state index in [9.17, 15) is 4.79 Å². The molecule has 0 fully saturated rings. The van der Waals surface area contributed by atoms with Gasteiger partial charge >= 0.3 is 6.09 Å². The zero-order valence-electron chi connectivity index (χ0n) is 14.2. The summed E-state index contributed by atoms with van der Waals surface area (Å²) < 4.78 is 5.23. The summed E-state index contributed by atoms with van der Waals surface area (Å²) >= 11 is 0. The van der Waals surface area contributed by atoms with E-state index in [0.717, 1.165) is 0 Å². The van der Waals surface area contributed by atoms with Gasteiger partial charge in [-0.1, -0.05) is 20.8 Å². The number of hydrogen-bond acceptors (Lipinski definition) is 2. The molecular weight excluding hydrogens is 266 g/mol. The summed E-state index contributed by atoms with van der Waals surface area (Å²) in [6, 6.07) is 3.65. The highest BCUT2D eigenvalue weighted by Crippen LogP contribution is 2.18. The topological polar surface area (TPSA) is 38.3 Å². The SMILES string of the molecule is CC[Si](C#CC[C@@H](C)NC(=O)OC(C)(C)C)(CC)CC. The van der Waals surface area contributed by atoms with E-state index in [1.807, 2.05) is 27.7 Å². The van der Waals surface area contributed by atoms with E-state index in [1.165, 1.54) is 18.1 Å². The third kappa shape index (κ3) is 7.59. The van der Waals surface area contributed by atoms with Crippen LogP contribution in [0.1, 0.15) is 54.9 Å². The van der Waals surface area contributed by atoms with Gasteiger partial charge in [0.05, 0.1) is 0 Å². The second-order valence-electron chi connectivity index (χ2n) is 6.39. The zero-order chi connectivity index (χ0) is 15.8. The van der Waals surface area contributed by atoms with Gasteiger partial charge in [0.25, 0.3) is 0 Å². The van der Waals surface area contributed by atoms with Gasteiger partial charge in [-0.2, -0.15) is 0 Å². The second-order valence-corrected chi connectivity index (χ2v) is 11.3. The third-order valence-electron chi connectivity index (χ3n) is 3.56. The van der Waals surface area contributed by atoms with Crippen LogP contribution in [0.2, 0.25) is 18.1 Å². The monoisotopic (exact) mass is 297 g/mol. The van der Waals surface area contributed by atoms with Crippen molar-refractivity contribution in [1.82, 2.24) is 5.32 Å². The highest BCUT2D eigenvalue weighted by atomic mass is 28.3. The third-order valence-corrected chi connectivity index (χ3v) is 8.32. The molecule has 0 aliphatic rings. The Labute approximate surface area is 125 Å². The minimum atomic E-state index is -1.37. The molecule has 1 atom stereocenters. The summed E-state index contributed by atoms with van der Waals surface area (Å²) in [7, 11) is -1.37. The number of rotatable bonds is 5. The molecule has 0 rings (SSSR count). The highest BCUT2D eigenvalue weighted by molar-refractivity contribution is 6.87. The van der Waals surface area contributed by atoms with Crippen molar-refractivity contribution in [3.05, 3.63) is 0 Å². The van der Waals surface area contributed by atoms with Crippen LogP contribution in [0, 0.1) is 11.5 Å². The molecule has 1 N–H and O–H groups in total. The molecule has 0 radical (unpaired) electrons. The van der Waals surface area contributed by atoms with Gasteiger partial charge in [0.1, 0.15) is 13.7 Å². The van der Waals surface area contributed by atoms with Crippen molar-refractivity contribution >= 4 is 14.2 Å². The fraction of sp³-hybridized carbons (Fsp3) is 0.812. The van der Waals surface area contributed by atoms with Gasteiger partial charge in [0.2, 0.25) is 0 Å². The minimum absolute atomic E-state index is 0.0228. The molecule has 116 valence electrons. The van der Waals surface area contributed by atoms with Crippen molar-refractivity contribution in [2.45, 2.75) is 84.7 Å². The zero-order valence-corrected chi connectivity index (χ0v) is 15.2. The molecule has 20 heavy (non-hydrogen) atoms. The van der Waals surface area contributed by atoms with Crippen LogP contribution in [0.5, 0.6) is 0 Å². The first-order chi connectivity index (χ1) is 9.18. The maximum Gasteiger partial charge on any atom is 0.407 e. The summed E-state index contributed by atoms with van der Waals surface area (Å²) in [5.41, 5.74) is 3.08. The van der Waals surface area contributed by atoms with Crippen molar-refractivity contribution in [3.63, 3.8) is 0 Å². The number of alkyl carbamates (subject to hydrolysis) is 1. The molecule has 0 heterocycles. The van der Waals surface area contributed by atoms with Crippen LogP contribution >= 0.6 is 0 Å². The fourth-order valence-electron chi connectivity index (χ4n) is 1.97. The normalized spacial score (nSPS) is 13.2. The Morgan fingerprint density at radius 3 is 2.10 bits per heavy atom. The molecule has 0 unspecified atom stereocenters. The molecule has 0 bridgehead atoms. The van der Waals surface area contributed by atoms with Crippen molar-refractivity contribution in [2.24, 2.45) is 0 Å². The van der Waals surface area contributed by atoms with E-state index in [1.54, 1.807) is 0 Å². The van der Waals surface area contributed by atoms with Crippen molar-refractivity contribution in [2.75, 3.05) is 0 Å². The van der Waals surface area contributed by atoms with Crippen LogP contribution in [-0.2, 0) is 4.74 Å². The molecule has 0 aromatic heterocycles. The van der Waals surface area contributed by atoms with Crippen molar-refractivity contribution in [3.8, 4) is 11.5 Å². The fourth-order valence-corrected chi connectivity index (χ4v) is 4.47. The summed E-state index contributed by atoms with van der Waals surface area (Å²) in [4.78, 5) is 11.6. The average Bonchev–Trinajstić information content (AvgIpc) is 2.32. The smallest absolute Gasteiger partial charge is 0.407 e. The Morgan fingerprint density at radius 2 is 1.70 bits per heavy atom. The first-order valence-electron chi connectivity index (χ1n) is 7.67. The van der Waals surface area contributed by atoms with Crippen molar-refractivity contribution < 1.29 is 9.53 Å². The van der Waals surface area contributed by atoms with E-state index in [0.29, 0.717) is 6.42 Å². The first kappa shape index (κ1) is 19.0. The quantitative estimate of drug-likeness (QED) is 0.605. The maximum absolute atomic E-state index is 11.6. The molecule has 0 aromatic carbocycles. The van der Waals surface area contributed by atoms with Crippen LogP contribution in [0.4, 0.5) is 4.79 Å². The maximum atomic E-state index is 11.6. The van der Waals surface area contributed by atoms with E-state index in [-0.39, 0.29) is 12.1 Å². The number of carbonyl (C=O) groups excluding carboxylic acids is 1. The number of ether oxygens (including phenoxy) is 1. The van der Waals surface area contributed by atoms with E-state index < -0.39 is 13.7 Å². The second kappa shape index (κ2) is 8.36. The summed E-state index contributed by atoms with van der Waals surface area (Å²) in [6.07, 6.45) is 0.324. The standard InChI is InChI=1S/C16H31NO2Si/c1-8-20(9-2,10-3)13-11-12-14(4)17-15(18)19-16(5,6)7/h14H,8-10,12H2,1-7H3,(H,17,18)/t14-/m1/s1. The van der Waals surface area contributed by atoms with E-state index in [2.05, 4.69) is 37.6 Å². The number of carbonyl (C=O) groups is 1. The summed E-state index contributed by atoms with van der Waals surface area (Å²) in [5.74, 6) is 3.29. The lowest BCUT2D eigenvalue weighted by Gasteiger charge is -2.22. The van der Waals surface area contributed by atoms with Crippen molar-refractivity contribution in [1.29, 1.82) is 0 Å². The Bertz CT molecular complexity index is 351. The molecular formula is C16H31NO2Si. The van der Waals surface area contributed by atoms with E-state index >= 15 is 0 Å².